The zero-order valence-electron chi connectivity index (χ0n) is 14.7. The first kappa shape index (κ1) is 17.1. The van der Waals surface area contributed by atoms with Gasteiger partial charge in [0.15, 0.2) is 0 Å². The van der Waals surface area contributed by atoms with E-state index >= 15 is 0 Å². The molecule has 1 N–H and O–H groups in total. The molecule has 25 heavy (non-hydrogen) atoms. The molecule has 7 nitrogen and oxygen atoms in total. The van der Waals surface area contributed by atoms with Crippen LogP contribution in [0, 0.1) is 0 Å². The second kappa shape index (κ2) is 7.04. The molecule has 1 atom stereocenters. The zero-order chi connectivity index (χ0) is 18.0. The summed E-state index contributed by atoms with van der Waals surface area (Å²) in [6.07, 6.45) is 3.71. The molecule has 3 rings (SSSR count). The molecule has 1 aliphatic carbocycles. The van der Waals surface area contributed by atoms with Gasteiger partial charge in [-0.3, -0.25) is 9.59 Å². The Morgan fingerprint density at radius 1 is 1.40 bits per heavy atom. The Labute approximate surface area is 146 Å². The van der Waals surface area contributed by atoms with Gasteiger partial charge in [0.05, 0.1) is 17.4 Å². The summed E-state index contributed by atoms with van der Waals surface area (Å²) >= 11 is 0. The predicted octanol–water partition coefficient (Wildman–Crippen LogP) is 1.25. The minimum Gasteiger partial charge on any atom is -0.475 e. The second-order valence-corrected chi connectivity index (χ2v) is 6.54. The summed E-state index contributed by atoms with van der Waals surface area (Å²) < 4.78 is 6.83. The van der Waals surface area contributed by atoms with Crippen molar-refractivity contribution in [2.75, 3.05) is 0 Å². The second-order valence-electron chi connectivity index (χ2n) is 6.54. The molecule has 7 heteroatoms. The predicted molar refractivity (Wildman–Crippen MR) is 92.8 cm³/mol. The highest BCUT2D eigenvalue weighted by molar-refractivity contribution is 5.94. The van der Waals surface area contributed by atoms with Gasteiger partial charge >= 0.3 is 0 Å². The van der Waals surface area contributed by atoms with Crippen LogP contribution < -0.4 is 15.6 Å². The van der Waals surface area contributed by atoms with Gasteiger partial charge in [-0.05, 0) is 44.7 Å². The van der Waals surface area contributed by atoms with E-state index in [4.69, 9.17) is 4.74 Å². The topological polar surface area (TPSA) is 86.1 Å². The van der Waals surface area contributed by atoms with Gasteiger partial charge in [0.2, 0.25) is 5.88 Å². The van der Waals surface area contributed by atoms with Crippen LogP contribution in [0.2, 0.25) is 0 Å². The standard InChI is InChI=1S/C18H22N4O3/c1-11(2)25-16-7-4-12(10-19-16)18(24)20-14-5-6-15-13(8-14)9-17(23)22(3)21-15/h4,7,9-11,14H,5-6,8H2,1-3H3,(H,20,24). The van der Waals surface area contributed by atoms with Gasteiger partial charge in [0, 0.05) is 31.4 Å². The maximum Gasteiger partial charge on any atom is 0.266 e. The Hall–Kier alpha value is -2.70. The van der Waals surface area contributed by atoms with Gasteiger partial charge in [0.1, 0.15) is 0 Å². The maximum atomic E-state index is 12.4. The molecule has 0 bridgehead atoms. The molecule has 1 amide bonds. The smallest absolute Gasteiger partial charge is 0.266 e. The average Bonchev–Trinajstić information content (AvgIpc) is 2.56. The van der Waals surface area contributed by atoms with Crippen LogP contribution in [-0.4, -0.2) is 32.8 Å². The molecule has 1 unspecified atom stereocenters. The van der Waals surface area contributed by atoms with E-state index in [1.807, 2.05) is 13.8 Å². The van der Waals surface area contributed by atoms with Gasteiger partial charge in [-0.1, -0.05) is 0 Å². The van der Waals surface area contributed by atoms with E-state index in [1.165, 1.54) is 10.9 Å². The van der Waals surface area contributed by atoms with Crippen molar-refractivity contribution in [2.45, 2.75) is 45.3 Å². The number of hydrogen-bond acceptors (Lipinski definition) is 5. The Bertz CT molecular complexity index is 827. The summed E-state index contributed by atoms with van der Waals surface area (Å²) in [5.74, 6) is 0.328. The lowest BCUT2D eigenvalue weighted by atomic mass is 9.92. The van der Waals surface area contributed by atoms with Gasteiger partial charge in [-0.15, -0.1) is 0 Å². The first-order chi connectivity index (χ1) is 11.9. The van der Waals surface area contributed by atoms with Crippen LogP contribution in [0.5, 0.6) is 5.88 Å². The molecule has 2 aromatic rings. The number of fused-ring (bicyclic) bond motifs is 1. The SMILES string of the molecule is CC(C)Oc1ccc(C(=O)NC2CCc3nn(C)c(=O)cc3C2)cn1. The summed E-state index contributed by atoms with van der Waals surface area (Å²) in [5, 5.41) is 7.30. The van der Waals surface area contributed by atoms with Crippen molar-refractivity contribution in [1.82, 2.24) is 20.1 Å². The molecular weight excluding hydrogens is 320 g/mol. The first-order valence-corrected chi connectivity index (χ1v) is 8.42. The quantitative estimate of drug-likeness (QED) is 0.904. The highest BCUT2D eigenvalue weighted by atomic mass is 16.5. The van der Waals surface area contributed by atoms with Gasteiger partial charge in [0.25, 0.3) is 11.5 Å². The van der Waals surface area contributed by atoms with Crippen molar-refractivity contribution in [3.05, 3.63) is 51.6 Å². The molecule has 0 aliphatic heterocycles. The van der Waals surface area contributed by atoms with Crippen LogP contribution in [0.4, 0.5) is 0 Å². The number of carbonyl (C=O) groups is 1. The fourth-order valence-electron chi connectivity index (χ4n) is 2.90. The van der Waals surface area contributed by atoms with E-state index in [2.05, 4.69) is 15.4 Å². The summed E-state index contributed by atoms with van der Waals surface area (Å²) in [6, 6.07) is 4.99. The molecule has 0 radical (unpaired) electrons. The largest absolute Gasteiger partial charge is 0.475 e. The Kier molecular flexibility index (Phi) is 4.83. The van der Waals surface area contributed by atoms with Crippen molar-refractivity contribution in [2.24, 2.45) is 7.05 Å². The number of nitrogens with one attached hydrogen (secondary N) is 1. The Morgan fingerprint density at radius 3 is 2.88 bits per heavy atom. The third-order valence-corrected chi connectivity index (χ3v) is 4.14. The number of aromatic nitrogens is 3. The van der Waals surface area contributed by atoms with Gasteiger partial charge in [-0.25, -0.2) is 9.67 Å². The number of carbonyl (C=O) groups excluding carboxylic acids is 1. The Balaban J connectivity index is 1.65. The molecule has 0 spiro atoms. The molecule has 2 heterocycles. The van der Waals surface area contributed by atoms with Crippen molar-refractivity contribution in [3.8, 4) is 5.88 Å². The van der Waals surface area contributed by atoms with Gasteiger partial charge < -0.3 is 10.1 Å². The lowest BCUT2D eigenvalue weighted by Crippen LogP contribution is -2.40. The van der Waals surface area contributed by atoms with E-state index in [0.29, 0.717) is 17.9 Å². The van der Waals surface area contributed by atoms with Crippen LogP contribution >= 0.6 is 0 Å². The van der Waals surface area contributed by atoms with Crippen molar-refractivity contribution < 1.29 is 9.53 Å². The fourth-order valence-corrected chi connectivity index (χ4v) is 2.90. The number of pyridine rings is 1. The van der Waals surface area contributed by atoms with Crippen LogP contribution in [-0.2, 0) is 19.9 Å². The van der Waals surface area contributed by atoms with E-state index in [-0.39, 0.29) is 23.6 Å². The van der Waals surface area contributed by atoms with Gasteiger partial charge in [-0.2, -0.15) is 5.10 Å². The zero-order valence-corrected chi connectivity index (χ0v) is 14.7. The highest BCUT2D eigenvalue weighted by Crippen LogP contribution is 2.18. The summed E-state index contributed by atoms with van der Waals surface area (Å²) in [5.41, 5.74) is 2.21. The van der Waals surface area contributed by atoms with Crippen molar-refractivity contribution >= 4 is 5.91 Å². The van der Waals surface area contributed by atoms with Crippen LogP contribution in [0.25, 0.3) is 0 Å². The Morgan fingerprint density at radius 2 is 2.20 bits per heavy atom. The normalized spacial score (nSPS) is 16.4. The summed E-state index contributed by atoms with van der Waals surface area (Å²) in [6.45, 7) is 3.84. The van der Waals surface area contributed by atoms with Crippen molar-refractivity contribution in [1.29, 1.82) is 0 Å². The van der Waals surface area contributed by atoms with Crippen molar-refractivity contribution in [3.63, 3.8) is 0 Å². The van der Waals surface area contributed by atoms with E-state index in [0.717, 1.165) is 24.1 Å². The number of amides is 1. The fraction of sp³-hybridized carbons (Fsp3) is 0.444. The van der Waals surface area contributed by atoms with E-state index < -0.39 is 0 Å². The molecule has 2 aromatic heterocycles. The summed E-state index contributed by atoms with van der Waals surface area (Å²) in [4.78, 5) is 28.3. The first-order valence-electron chi connectivity index (χ1n) is 8.42. The molecule has 1 aliphatic rings. The number of aryl methyl sites for hydroxylation is 2. The van der Waals surface area contributed by atoms with E-state index in [1.54, 1.807) is 25.2 Å². The van der Waals surface area contributed by atoms with Crippen LogP contribution in [0.1, 0.15) is 41.9 Å². The number of nitrogens with zero attached hydrogens (tertiary/aromatic N) is 3. The molecule has 0 aromatic carbocycles. The minimum atomic E-state index is -0.172. The lowest BCUT2D eigenvalue weighted by molar-refractivity contribution is 0.0933. The summed E-state index contributed by atoms with van der Waals surface area (Å²) in [7, 11) is 1.65. The lowest BCUT2D eigenvalue weighted by Gasteiger charge is -2.24. The number of rotatable bonds is 4. The van der Waals surface area contributed by atoms with Crippen LogP contribution in [0.3, 0.4) is 0 Å². The molecule has 0 saturated carbocycles. The molecule has 0 saturated heterocycles. The molecular formula is C18H22N4O3. The number of ether oxygens (including phenoxy) is 1. The van der Waals surface area contributed by atoms with E-state index in [9.17, 15) is 9.59 Å². The average molecular weight is 342 g/mol. The monoisotopic (exact) mass is 342 g/mol. The third kappa shape index (κ3) is 4.04. The number of hydrogen-bond donors (Lipinski definition) is 1. The minimum absolute atomic E-state index is 0.0134. The third-order valence-electron chi connectivity index (χ3n) is 4.14. The maximum absolute atomic E-state index is 12.4. The highest BCUT2D eigenvalue weighted by Gasteiger charge is 2.22. The molecule has 132 valence electrons. The van der Waals surface area contributed by atoms with Crippen LogP contribution in [0.15, 0.2) is 29.2 Å². The molecule has 0 fully saturated rings.